The van der Waals surface area contributed by atoms with Gasteiger partial charge in [-0.05, 0) is 49.1 Å². The van der Waals surface area contributed by atoms with Crippen molar-refractivity contribution in [2.24, 2.45) is 0 Å². The van der Waals surface area contributed by atoms with Crippen LogP contribution in [-0.2, 0) is 20.2 Å². The zero-order valence-corrected chi connectivity index (χ0v) is 16.8. The maximum absolute atomic E-state index is 13.0. The summed E-state index contributed by atoms with van der Waals surface area (Å²) < 4.78 is 27.1. The quantitative estimate of drug-likeness (QED) is 0.715. The number of amides is 1. The van der Waals surface area contributed by atoms with Crippen molar-refractivity contribution in [3.63, 3.8) is 0 Å². The largest absolute Gasteiger partial charge is 0.325 e. The van der Waals surface area contributed by atoms with Crippen LogP contribution in [0, 0.1) is 11.3 Å². The molecule has 1 N–H and O–H groups in total. The van der Waals surface area contributed by atoms with E-state index in [0.29, 0.717) is 16.8 Å². The van der Waals surface area contributed by atoms with Crippen molar-refractivity contribution in [1.82, 2.24) is 0 Å². The SMILES string of the molecule is CC(C)(C#N)c1ccc(NC(=O)CN2c3cccc4cccc(c34)S2(=O)=O)cc1. The molecule has 0 atom stereocenters. The first-order chi connectivity index (χ1) is 13.7. The summed E-state index contributed by atoms with van der Waals surface area (Å²) >= 11 is 0. The van der Waals surface area contributed by atoms with Gasteiger partial charge in [0.25, 0.3) is 10.0 Å². The van der Waals surface area contributed by atoms with Gasteiger partial charge >= 0.3 is 0 Å². The molecule has 6 nitrogen and oxygen atoms in total. The number of rotatable bonds is 4. The van der Waals surface area contributed by atoms with Crippen molar-refractivity contribution < 1.29 is 13.2 Å². The second-order valence-corrected chi connectivity index (χ2v) is 9.34. The fourth-order valence-electron chi connectivity index (χ4n) is 3.49. The van der Waals surface area contributed by atoms with Crippen LogP contribution in [0.15, 0.2) is 65.6 Å². The fourth-order valence-corrected chi connectivity index (χ4v) is 5.16. The Morgan fingerprint density at radius 3 is 2.38 bits per heavy atom. The van der Waals surface area contributed by atoms with Crippen LogP contribution in [0.5, 0.6) is 0 Å². The molecule has 4 rings (SSSR count). The molecule has 0 aliphatic carbocycles. The molecule has 1 aliphatic heterocycles. The van der Waals surface area contributed by atoms with Crippen LogP contribution in [0.2, 0.25) is 0 Å². The van der Waals surface area contributed by atoms with Gasteiger partial charge in [-0.2, -0.15) is 5.26 Å². The molecule has 1 aliphatic rings. The lowest BCUT2D eigenvalue weighted by molar-refractivity contribution is -0.114. The highest BCUT2D eigenvalue weighted by Gasteiger charge is 2.36. The Morgan fingerprint density at radius 2 is 1.72 bits per heavy atom. The van der Waals surface area contributed by atoms with Crippen LogP contribution in [0.4, 0.5) is 11.4 Å². The number of sulfonamides is 1. The molecule has 0 radical (unpaired) electrons. The lowest BCUT2D eigenvalue weighted by atomic mass is 9.86. The smallest absolute Gasteiger partial charge is 0.265 e. The molecule has 0 saturated carbocycles. The number of nitrogens with one attached hydrogen (secondary N) is 1. The van der Waals surface area contributed by atoms with Crippen molar-refractivity contribution >= 4 is 38.1 Å². The number of nitrogens with zero attached hydrogens (tertiary/aromatic N) is 2. The Balaban J connectivity index is 1.57. The third kappa shape index (κ3) is 3.12. The molecular weight excluding hydrogens is 386 g/mol. The molecule has 29 heavy (non-hydrogen) atoms. The van der Waals surface area contributed by atoms with Gasteiger partial charge in [-0.1, -0.05) is 36.4 Å². The van der Waals surface area contributed by atoms with Crippen LogP contribution in [0.25, 0.3) is 10.8 Å². The summed E-state index contributed by atoms with van der Waals surface area (Å²) in [5, 5.41) is 13.4. The molecule has 3 aromatic carbocycles. The molecule has 1 heterocycles. The Bertz CT molecular complexity index is 1270. The first-order valence-electron chi connectivity index (χ1n) is 9.10. The van der Waals surface area contributed by atoms with Crippen molar-refractivity contribution in [2.45, 2.75) is 24.2 Å². The highest BCUT2D eigenvalue weighted by atomic mass is 32.2. The molecule has 0 fully saturated rings. The lowest BCUT2D eigenvalue weighted by Crippen LogP contribution is -2.35. The number of anilines is 2. The normalized spacial score (nSPS) is 14.6. The summed E-state index contributed by atoms with van der Waals surface area (Å²) in [6.45, 7) is 3.32. The molecule has 0 saturated heterocycles. The molecular formula is C22H19N3O3S. The number of hydrogen-bond donors (Lipinski definition) is 1. The van der Waals surface area contributed by atoms with Gasteiger partial charge in [0.05, 0.1) is 22.1 Å². The van der Waals surface area contributed by atoms with Crippen molar-refractivity contribution in [3.8, 4) is 6.07 Å². The predicted octanol–water partition coefficient (Wildman–Crippen LogP) is 3.79. The fraction of sp³-hybridized carbons (Fsp3) is 0.182. The van der Waals surface area contributed by atoms with Gasteiger partial charge in [0.15, 0.2) is 0 Å². The summed E-state index contributed by atoms with van der Waals surface area (Å²) in [4.78, 5) is 12.8. The summed E-state index contributed by atoms with van der Waals surface area (Å²) in [6, 6.07) is 19.7. The molecule has 0 unspecified atom stereocenters. The minimum Gasteiger partial charge on any atom is -0.325 e. The van der Waals surface area contributed by atoms with Gasteiger partial charge < -0.3 is 5.32 Å². The first kappa shape index (κ1) is 19.0. The van der Waals surface area contributed by atoms with E-state index >= 15 is 0 Å². The number of carbonyl (C=O) groups is 1. The van der Waals surface area contributed by atoms with Crippen molar-refractivity contribution in [1.29, 1.82) is 5.26 Å². The molecule has 0 aromatic heterocycles. The van der Waals surface area contributed by atoms with Gasteiger partial charge in [-0.15, -0.1) is 0 Å². The minimum absolute atomic E-state index is 0.224. The van der Waals surface area contributed by atoms with E-state index in [4.69, 9.17) is 0 Å². The Kier molecular flexibility index (Phi) is 4.32. The standard InChI is InChI=1S/C22H19N3O3S/c1-22(2,14-23)16-9-11-17(12-10-16)24-20(26)13-25-18-7-3-5-15-6-4-8-19(21(15)18)29(25,27)28/h3-12H,13H2,1-2H3,(H,24,26). The summed E-state index contributed by atoms with van der Waals surface area (Å²) in [5.74, 6) is -0.439. The van der Waals surface area contributed by atoms with Crippen molar-refractivity contribution in [3.05, 3.63) is 66.2 Å². The third-order valence-electron chi connectivity index (χ3n) is 5.14. The third-order valence-corrected chi connectivity index (χ3v) is 6.94. The maximum atomic E-state index is 13.0. The van der Waals surface area contributed by atoms with Crippen LogP contribution in [-0.4, -0.2) is 20.9 Å². The van der Waals surface area contributed by atoms with E-state index in [1.807, 2.05) is 26.0 Å². The van der Waals surface area contributed by atoms with E-state index in [0.717, 1.165) is 15.3 Å². The van der Waals surface area contributed by atoms with E-state index in [1.54, 1.807) is 48.5 Å². The zero-order valence-electron chi connectivity index (χ0n) is 16.0. The predicted molar refractivity (Wildman–Crippen MR) is 112 cm³/mol. The second-order valence-electron chi connectivity index (χ2n) is 7.51. The highest BCUT2D eigenvalue weighted by molar-refractivity contribution is 7.93. The van der Waals surface area contributed by atoms with E-state index in [1.165, 1.54) is 0 Å². The first-order valence-corrected chi connectivity index (χ1v) is 10.5. The summed E-state index contributed by atoms with van der Waals surface area (Å²) in [5.41, 5.74) is 1.26. The second kappa shape index (κ2) is 6.61. The van der Waals surface area contributed by atoms with E-state index < -0.39 is 21.3 Å². The number of hydrogen-bond acceptors (Lipinski definition) is 4. The van der Waals surface area contributed by atoms with Gasteiger partial charge in [-0.25, -0.2) is 8.42 Å². The average molecular weight is 405 g/mol. The van der Waals surface area contributed by atoms with Crippen LogP contribution < -0.4 is 9.62 Å². The molecule has 0 spiro atoms. The van der Waals surface area contributed by atoms with Gasteiger partial charge in [0.2, 0.25) is 5.91 Å². The van der Waals surface area contributed by atoms with Gasteiger partial charge in [-0.3, -0.25) is 9.10 Å². The Morgan fingerprint density at radius 1 is 1.07 bits per heavy atom. The van der Waals surface area contributed by atoms with Crippen LogP contribution in [0.3, 0.4) is 0 Å². The van der Waals surface area contributed by atoms with E-state index in [2.05, 4.69) is 11.4 Å². The molecule has 146 valence electrons. The van der Waals surface area contributed by atoms with Crippen molar-refractivity contribution in [2.75, 3.05) is 16.2 Å². The monoisotopic (exact) mass is 405 g/mol. The summed E-state index contributed by atoms with van der Waals surface area (Å²) in [6.07, 6.45) is 0. The zero-order chi connectivity index (χ0) is 20.8. The average Bonchev–Trinajstić information content (AvgIpc) is 2.92. The highest BCUT2D eigenvalue weighted by Crippen LogP contribution is 2.41. The van der Waals surface area contributed by atoms with Gasteiger partial charge in [0.1, 0.15) is 6.54 Å². The Labute approximate surface area is 169 Å². The topological polar surface area (TPSA) is 90.3 Å². The van der Waals surface area contributed by atoms with E-state index in [9.17, 15) is 18.5 Å². The summed E-state index contributed by atoms with van der Waals surface area (Å²) in [7, 11) is -3.78. The molecule has 7 heteroatoms. The van der Waals surface area contributed by atoms with Crippen LogP contribution >= 0.6 is 0 Å². The number of benzene rings is 3. The number of carbonyl (C=O) groups excluding carboxylic acids is 1. The van der Waals surface area contributed by atoms with Gasteiger partial charge in [0, 0.05) is 11.1 Å². The lowest BCUT2D eigenvalue weighted by Gasteiger charge is -2.19. The molecule has 3 aromatic rings. The minimum atomic E-state index is -3.78. The maximum Gasteiger partial charge on any atom is 0.265 e. The molecule has 0 bridgehead atoms. The Hall–Kier alpha value is -3.37. The number of nitriles is 1. The van der Waals surface area contributed by atoms with E-state index in [-0.39, 0.29) is 11.4 Å². The molecule has 1 amide bonds. The van der Waals surface area contributed by atoms with Crippen LogP contribution in [0.1, 0.15) is 19.4 Å².